The van der Waals surface area contributed by atoms with Crippen molar-refractivity contribution in [3.8, 4) is 0 Å². The van der Waals surface area contributed by atoms with E-state index in [2.05, 4.69) is 0 Å². The number of amides is 2. The number of carbonyl (C=O) groups is 3. The lowest BCUT2D eigenvalue weighted by molar-refractivity contribution is -0.174. The number of aliphatic hydroxyl groups is 1. The number of aliphatic carboxylic acids is 1. The number of hydrazine groups is 1. The Morgan fingerprint density at radius 1 is 1.35 bits per heavy atom. The lowest BCUT2D eigenvalue weighted by atomic mass is 10.0. The van der Waals surface area contributed by atoms with Crippen LogP contribution < -0.4 is 0 Å². The molecule has 8 nitrogen and oxygen atoms in total. The molecule has 0 spiro atoms. The van der Waals surface area contributed by atoms with Crippen LogP contribution in [-0.4, -0.2) is 62.7 Å². The summed E-state index contributed by atoms with van der Waals surface area (Å²) in [6.45, 7) is 1.21. The Bertz CT molecular complexity index is 696. The van der Waals surface area contributed by atoms with E-state index in [1.54, 1.807) is 35.7 Å². The van der Waals surface area contributed by atoms with Crippen molar-refractivity contribution in [1.82, 2.24) is 10.0 Å². The first-order valence-electron chi connectivity index (χ1n) is 7.79. The number of thioether (sulfide) groups is 1. The molecule has 2 rings (SSSR count). The predicted molar refractivity (Wildman–Crippen MR) is 94.5 cm³/mol. The van der Waals surface area contributed by atoms with E-state index in [9.17, 15) is 24.6 Å². The van der Waals surface area contributed by atoms with E-state index in [0.29, 0.717) is 0 Å². The number of carboxylic acids is 1. The van der Waals surface area contributed by atoms with Gasteiger partial charge in [-0.3, -0.25) is 9.59 Å². The topological polar surface area (TPSA) is 107 Å². The van der Waals surface area contributed by atoms with Crippen LogP contribution in [0.25, 0.3) is 0 Å². The highest BCUT2D eigenvalue weighted by atomic mass is 32.2. The van der Waals surface area contributed by atoms with Gasteiger partial charge in [-0.15, -0.1) is 0 Å². The summed E-state index contributed by atoms with van der Waals surface area (Å²) in [6, 6.07) is 7.65. The molecule has 140 valence electrons. The second kappa shape index (κ2) is 8.84. The number of ether oxygens (including phenoxy) is 1. The third-order valence-electron chi connectivity index (χ3n) is 3.82. The molecule has 0 saturated carbocycles. The van der Waals surface area contributed by atoms with Gasteiger partial charge in [0.25, 0.3) is 5.91 Å². The van der Waals surface area contributed by atoms with E-state index in [1.165, 1.54) is 20.2 Å². The minimum Gasteiger partial charge on any atom is -0.479 e. The monoisotopic (exact) mass is 380 g/mol. The average molecular weight is 380 g/mol. The SMILES string of the molecule is COC1SC=CN(N(C(C)=O)[C@@H](Cc2ccccc2)C(O)C(=O)O)C1=O. The molecule has 26 heavy (non-hydrogen) atoms. The van der Waals surface area contributed by atoms with Gasteiger partial charge in [-0.25, -0.2) is 14.8 Å². The molecule has 1 aromatic carbocycles. The fourth-order valence-electron chi connectivity index (χ4n) is 2.64. The van der Waals surface area contributed by atoms with Gasteiger partial charge in [0, 0.05) is 20.2 Å². The van der Waals surface area contributed by atoms with E-state index in [-0.39, 0.29) is 6.42 Å². The maximum atomic E-state index is 12.6. The molecule has 2 N–H and O–H groups in total. The molecule has 1 aliphatic heterocycles. The molecule has 2 unspecified atom stereocenters. The summed E-state index contributed by atoms with van der Waals surface area (Å²) < 4.78 is 5.07. The molecule has 3 atom stereocenters. The molecule has 1 aromatic rings. The van der Waals surface area contributed by atoms with Gasteiger partial charge in [0.2, 0.25) is 5.91 Å². The average Bonchev–Trinajstić information content (AvgIpc) is 2.62. The fraction of sp³-hybridized carbons (Fsp3) is 0.353. The highest BCUT2D eigenvalue weighted by molar-refractivity contribution is 8.03. The molecule has 1 heterocycles. The van der Waals surface area contributed by atoms with Gasteiger partial charge >= 0.3 is 5.97 Å². The number of nitrogens with zero attached hydrogens (tertiary/aromatic N) is 2. The van der Waals surface area contributed by atoms with Crippen LogP contribution in [0.2, 0.25) is 0 Å². The molecule has 0 fully saturated rings. The van der Waals surface area contributed by atoms with E-state index >= 15 is 0 Å². The van der Waals surface area contributed by atoms with Crippen molar-refractivity contribution in [2.75, 3.05) is 7.11 Å². The minimum absolute atomic E-state index is 0.0519. The first-order chi connectivity index (χ1) is 12.4. The van der Waals surface area contributed by atoms with Crippen LogP contribution in [0.5, 0.6) is 0 Å². The molecule has 9 heteroatoms. The van der Waals surface area contributed by atoms with Crippen LogP contribution in [0.15, 0.2) is 41.9 Å². The van der Waals surface area contributed by atoms with Crippen molar-refractivity contribution in [1.29, 1.82) is 0 Å². The lowest BCUT2D eigenvalue weighted by Gasteiger charge is -2.41. The Labute approximate surface area is 155 Å². The number of carbonyl (C=O) groups excluding carboxylic acids is 2. The Morgan fingerprint density at radius 2 is 2.00 bits per heavy atom. The minimum atomic E-state index is -1.88. The second-order valence-electron chi connectivity index (χ2n) is 5.58. The maximum Gasteiger partial charge on any atom is 0.334 e. The summed E-state index contributed by atoms with van der Waals surface area (Å²) in [5.41, 5.74) is -0.142. The highest BCUT2D eigenvalue weighted by Crippen LogP contribution is 2.26. The number of carboxylic acid groups (broad SMARTS) is 1. The molecular weight excluding hydrogens is 360 g/mol. The maximum absolute atomic E-state index is 12.6. The van der Waals surface area contributed by atoms with E-state index in [4.69, 9.17) is 4.74 Å². The number of hydrogen-bond donors (Lipinski definition) is 2. The third-order valence-corrected chi connectivity index (χ3v) is 4.74. The highest BCUT2D eigenvalue weighted by Gasteiger charge is 2.40. The normalized spacial score (nSPS) is 19.1. The Hall–Kier alpha value is -2.36. The zero-order valence-electron chi connectivity index (χ0n) is 14.3. The third kappa shape index (κ3) is 4.43. The van der Waals surface area contributed by atoms with Gasteiger partial charge in [-0.2, -0.15) is 0 Å². The molecule has 0 aliphatic carbocycles. The van der Waals surface area contributed by atoms with Gasteiger partial charge in [-0.05, 0) is 17.4 Å². The summed E-state index contributed by atoms with van der Waals surface area (Å²) in [7, 11) is 1.36. The summed E-state index contributed by atoms with van der Waals surface area (Å²) in [4.78, 5) is 36.3. The number of hydrogen-bond acceptors (Lipinski definition) is 6. The standard InChI is InChI=1S/C17H20N2O6S/c1-11(20)19(18-8-9-26-17(25-2)15(18)22)13(14(21)16(23)24)10-12-6-4-3-5-7-12/h3-9,13-14,17,21H,10H2,1-2H3,(H,23,24)/t13-,14?,17?/m0/s1. The van der Waals surface area contributed by atoms with E-state index < -0.39 is 35.4 Å². The Morgan fingerprint density at radius 3 is 2.54 bits per heavy atom. The van der Waals surface area contributed by atoms with Gasteiger partial charge < -0.3 is 14.9 Å². The van der Waals surface area contributed by atoms with Gasteiger partial charge in [-0.1, -0.05) is 42.1 Å². The van der Waals surface area contributed by atoms with Gasteiger partial charge in [0.05, 0.1) is 6.04 Å². The zero-order valence-corrected chi connectivity index (χ0v) is 15.1. The van der Waals surface area contributed by atoms with Crippen LogP contribution in [-0.2, 0) is 25.5 Å². The van der Waals surface area contributed by atoms with Crippen molar-refractivity contribution in [2.45, 2.75) is 30.9 Å². The van der Waals surface area contributed by atoms with Crippen molar-refractivity contribution in [3.63, 3.8) is 0 Å². The summed E-state index contributed by atoms with van der Waals surface area (Å²) >= 11 is 1.12. The molecule has 0 saturated heterocycles. The zero-order chi connectivity index (χ0) is 19.3. The summed E-state index contributed by atoms with van der Waals surface area (Å²) in [5, 5.41) is 23.0. The molecule has 0 radical (unpaired) electrons. The molecular formula is C17H20N2O6S. The number of rotatable bonds is 7. The number of methoxy groups -OCH3 is 1. The van der Waals surface area contributed by atoms with Crippen LogP contribution in [0.1, 0.15) is 12.5 Å². The van der Waals surface area contributed by atoms with Crippen molar-refractivity contribution in [2.24, 2.45) is 0 Å². The van der Waals surface area contributed by atoms with E-state index in [1.807, 2.05) is 0 Å². The number of benzene rings is 1. The van der Waals surface area contributed by atoms with Crippen molar-refractivity contribution in [3.05, 3.63) is 47.5 Å². The smallest absolute Gasteiger partial charge is 0.334 e. The molecule has 0 aromatic heterocycles. The summed E-state index contributed by atoms with van der Waals surface area (Å²) in [6.07, 6.45) is -0.469. The molecule has 1 aliphatic rings. The van der Waals surface area contributed by atoms with Crippen LogP contribution in [0, 0.1) is 0 Å². The molecule has 2 amide bonds. The van der Waals surface area contributed by atoms with E-state index in [0.717, 1.165) is 27.3 Å². The first-order valence-corrected chi connectivity index (χ1v) is 8.73. The van der Waals surface area contributed by atoms with Crippen LogP contribution >= 0.6 is 11.8 Å². The fourth-order valence-corrected chi connectivity index (χ4v) is 3.30. The first kappa shape index (κ1) is 20.0. The Balaban J connectivity index is 2.41. The Kier molecular flexibility index (Phi) is 6.78. The van der Waals surface area contributed by atoms with Gasteiger partial charge in [0.15, 0.2) is 11.5 Å². The lowest BCUT2D eigenvalue weighted by Crippen LogP contribution is -2.59. The predicted octanol–water partition coefficient (Wildman–Crippen LogP) is 0.826. The van der Waals surface area contributed by atoms with Crippen LogP contribution in [0.4, 0.5) is 0 Å². The van der Waals surface area contributed by atoms with Gasteiger partial charge in [0.1, 0.15) is 0 Å². The van der Waals surface area contributed by atoms with Crippen molar-refractivity contribution >= 4 is 29.5 Å². The largest absolute Gasteiger partial charge is 0.479 e. The number of aliphatic hydroxyl groups excluding tert-OH is 1. The summed E-state index contributed by atoms with van der Waals surface area (Å²) in [5.74, 6) is -2.60. The quantitative estimate of drug-likeness (QED) is 0.721. The van der Waals surface area contributed by atoms with Crippen molar-refractivity contribution < 1.29 is 29.3 Å². The second-order valence-corrected chi connectivity index (χ2v) is 6.55. The molecule has 0 bridgehead atoms. The van der Waals surface area contributed by atoms with Crippen LogP contribution in [0.3, 0.4) is 0 Å².